The molecule has 37 heavy (non-hydrogen) atoms. The van der Waals surface area contributed by atoms with E-state index in [1.807, 2.05) is 42.5 Å². The van der Waals surface area contributed by atoms with Crippen LogP contribution in [-0.4, -0.2) is 48.8 Å². The van der Waals surface area contributed by atoms with Gasteiger partial charge < -0.3 is 16.0 Å². The number of carbonyl (C=O) groups is 3. The first kappa shape index (κ1) is 24.2. The molecule has 2 heterocycles. The minimum atomic E-state index is -1.06. The molecule has 2 aromatic carbocycles. The van der Waals surface area contributed by atoms with Crippen molar-refractivity contribution in [1.82, 2.24) is 15.5 Å². The lowest BCUT2D eigenvalue weighted by atomic mass is 9.81. The second-order valence-electron chi connectivity index (χ2n) is 11.5. The Hall–Kier alpha value is -3.19. The Morgan fingerprint density at radius 3 is 2.62 bits per heavy atom. The first-order valence-corrected chi connectivity index (χ1v) is 13.7. The van der Waals surface area contributed by atoms with Gasteiger partial charge in [0.05, 0.1) is 6.54 Å². The van der Waals surface area contributed by atoms with Crippen molar-refractivity contribution < 1.29 is 14.4 Å². The largest absolute Gasteiger partial charge is 0.385 e. The molecule has 6 rings (SSSR count). The molecule has 3 atom stereocenters. The van der Waals surface area contributed by atoms with E-state index in [4.69, 9.17) is 0 Å². The standard InChI is InChI=1S/C30H36N4O3/c1-19(22-7-8-22)25(13-20-5-3-2-4-6-20)27(35)18-34-28(36)30(33-29(34)37)12-11-23-14-24(9-10-26(23)30)32-17-21-15-31-16-21/h2-6,9-10,14,19,21-22,25,31-32H,7-8,11-13,15-18H2,1H3,(H,33,37)/t19-,25?,30?/m0/s1. The van der Waals surface area contributed by atoms with E-state index in [9.17, 15) is 14.4 Å². The Kier molecular flexibility index (Phi) is 6.27. The number of nitrogens with zero attached hydrogens (tertiary/aromatic N) is 1. The predicted octanol–water partition coefficient (Wildman–Crippen LogP) is 3.49. The van der Waals surface area contributed by atoms with Crippen LogP contribution in [0, 0.1) is 23.7 Å². The van der Waals surface area contributed by atoms with Crippen molar-refractivity contribution in [3.05, 3.63) is 65.2 Å². The van der Waals surface area contributed by atoms with E-state index in [1.165, 1.54) is 4.90 Å². The molecule has 4 aliphatic rings. The Morgan fingerprint density at radius 1 is 1.14 bits per heavy atom. The summed E-state index contributed by atoms with van der Waals surface area (Å²) in [5.74, 6) is 0.918. The molecule has 0 bridgehead atoms. The SMILES string of the molecule is C[C@@H](C1CC1)C(Cc1ccccc1)C(=O)CN1C(=O)NC2(CCc3cc(NCC4CNC4)ccc32)C1=O. The highest BCUT2D eigenvalue weighted by molar-refractivity contribution is 6.10. The smallest absolute Gasteiger partial charge is 0.325 e. The number of hydrogen-bond acceptors (Lipinski definition) is 5. The molecular weight excluding hydrogens is 464 g/mol. The molecule has 0 radical (unpaired) electrons. The van der Waals surface area contributed by atoms with Crippen LogP contribution in [0.15, 0.2) is 48.5 Å². The zero-order valence-electron chi connectivity index (χ0n) is 21.5. The summed E-state index contributed by atoms with van der Waals surface area (Å²) in [4.78, 5) is 41.6. The summed E-state index contributed by atoms with van der Waals surface area (Å²) >= 11 is 0. The third-order valence-corrected chi connectivity index (χ3v) is 9.00. The van der Waals surface area contributed by atoms with E-state index in [1.54, 1.807) is 0 Å². The molecule has 0 aromatic heterocycles. The van der Waals surface area contributed by atoms with Gasteiger partial charge in [-0.05, 0) is 72.8 Å². The summed E-state index contributed by atoms with van der Waals surface area (Å²) in [7, 11) is 0. The van der Waals surface area contributed by atoms with Crippen LogP contribution < -0.4 is 16.0 Å². The molecule has 3 amide bonds. The van der Waals surface area contributed by atoms with E-state index >= 15 is 0 Å². The van der Waals surface area contributed by atoms with E-state index in [0.29, 0.717) is 24.7 Å². The number of nitrogens with one attached hydrogen (secondary N) is 3. The number of anilines is 1. The number of hydrogen-bond donors (Lipinski definition) is 3. The number of imide groups is 1. The van der Waals surface area contributed by atoms with Crippen LogP contribution in [0.2, 0.25) is 0 Å². The summed E-state index contributed by atoms with van der Waals surface area (Å²) < 4.78 is 0. The molecule has 1 saturated carbocycles. The number of amides is 3. The summed E-state index contributed by atoms with van der Waals surface area (Å²) in [6.07, 6.45) is 4.19. The van der Waals surface area contributed by atoms with Crippen molar-refractivity contribution in [2.24, 2.45) is 23.7 Å². The first-order valence-electron chi connectivity index (χ1n) is 13.7. The molecule has 2 saturated heterocycles. The fourth-order valence-corrected chi connectivity index (χ4v) is 6.34. The van der Waals surface area contributed by atoms with Gasteiger partial charge in [0.2, 0.25) is 0 Å². The lowest BCUT2D eigenvalue weighted by Gasteiger charge is -2.28. The zero-order chi connectivity index (χ0) is 25.6. The Bertz CT molecular complexity index is 1210. The van der Waals surface area contributed by atoms with Gasteiger partial charge in [-0.2, -0.15) is 0 Å². The molecule has 7 heteroatoms. The van der Waals surface area contributed by atoms with Crippen LogP contribution in [0.1, 0.15) is 42.9 Å². The van der Waals surface area contributed by atoms with Crippen LogP contribution >= 0.6 is 0 Å². The first-order chi connectivity index (χ1) is 17.9. The fourth-order valence-electron chi connectivity index (χ4n) is 6.34. The number of carbonyl (C=O) groups excluding carboxylic acids is 3. The Morgan fingerprint density at radius 2 is 1.92 bits per heavy atom. The number of rotatable bonds is 10. The molecule has 1 spiro atoms. The van der Waals surface area contributed by atoms with Gasteiger partial charge in [-0.15, -0.1) is 0 Å². The third kappa shape index (κ3) is 4.54. The molecule has 3 fully saturated rings. The molecule has 2 aliphatic carbocycles. The minimum absolute atomic E-state index is 0.0212. The average molecular weight is 501 g/mol. The van der Waals surface area contributed by atoms with Gasteiger partial charge in [-0.1, -0.05) is 43.3 Å². The van der Waals surface area contributed by atoms with E-state index < -0.39 is 11.6 Å². The van der Waals surface area contributed by atoms with Gasteiger partial charge in [0.15, 0.2) is 5.78 Å². The lowest BCUT2D eigenvalue weighted by molar-refractivity contribution is -0.136. The van der Waals surface area contributed by atoms with Crippen LogP contribution in [0.25, 0.3) is 0 Å². The number of benzene rings is 2. The van der Waals surface area contributed by atoms with E-state index in [0.717, 1.165) is 61.3 Å². The van der Waals surface area contributed by atoms with Gasteiger partial charge in [-0.3, -0.25) is 14.5 Å². The zero-order valence-corrected chi connectivity index (χ0v) is 21.5. The number of ketones is 1. The Balaban J connectivity index is 1.18. The molecule has 2 aromatic rings. The highest BCUT2D eigenvalue weighted by atomic mass is 16.2. The van der Waals surface area contributed by atoms with Crippen molar-refractivity contribution in [2.45, 2.75) is 44.6 Å². The van der Waals surface area contributed by atoms with Crippen molar-refractivity contribution in [2.75, 3.05) is 31.5 Å². The van der Waals surface area contributed by atoms with E-state index in [-0.39, 0.29) is 30.1 Å². The van der Waals surface area contributed by atoms with Gasteiger partial charge >= 0.3 is 6.03 Å². The van der Waals surface area contributed by atoms with Gasteiger partial charge in [-0.25, -0.2) is 4.79 Å². The van der Waals surface area contributed by atoms with E-state index in [2.05, 4.69) is 28.9 Å². The summed E-state index contributed by atoms with van der Waals surface area (Å²) in [6.45, 7) is 5.00. The highest BCUT2D eigenvalue weighted by Crippen LogP contribution is 2.44. The van der Waals surface area contributed by atoms with Gasteiger partial charge in [0.1, 0.15) is 5.54 Å². The molecule has 3 N–H and O–H groups in total. The van der Waals surface area contributed by atoms with Crippen molar-refractivity contribution in [1.29, 1.82) is 0 Å². The van der Waals surface area contributed by atoms with Crippen molar-refractivity contribution in [3.63, 3.8) is 0 Å². The predicted molar refractivity (Wildman–Crippen MR) is 142 cm³/mol. The molecule has 7 nitrogen and oxygen atoms in total. The van der Waals surface area contributed by atoms with Crippen LogP contribution in [-0.2, 0) is 28.0 Å². The monoisotopic (exact) mass is 500 g/mol. The number of aryl methyl sites for hydroxylation is 1. The summed E-state index contributed by atoms with van der Waals surface area (Å²) in [5, 5.41) is 9.77. The van der Waals surface area contributed by atoms with Gasteiger partial charge in [0.25, 0.3) is 5.91 Å². The summed E-state index contributed by atoms with van der Waals surface area (Å²) in [5.41, 5.74) is 3.06. The second kappa shape index (κ2) is 9.60. The Labute approximate surface area is 218 Å². The van der Waals surface area contributed by atoms with Crippen LogP contribution in [0.4, 0.5) is 10.5 Å². The number of fused-ring (bicyclic) bond motifs is 2. The van der Waals surface area contributed by atoms with Gasteiger partial charge in [0, 0.05) is 37.2 Å². The highest BCUT2D eigenvalue weighted by Gasteiger charge is 2.56. The third-order valence-electron chi connectivity index (χ3n) is 9.00. The summed E-state index contributed by atoms with van der Waals surface area (Å²) in [6, 6.07) is 15.7. The maximum absolute atomic E-state index is 13.7. The molecule has 2 unspecified atom stereocenters. The maximum Gasteiger partial charge on any atom is 0.325 e. The molecular formula is C30H36N4O3. The quantitative estimate of drug-likeness (QED) is 0.435. The normalized spacial score (nSPS) is 24.5. The molecule has 2 aliphatic heterocycles. The molecule has 194 valence electrons. The second-order valence-corrected chi connectivity index (χ2v) is 11.5. The average Bonchev–Trinajstić information content (AvgIpc) is 3.63. The van der Waals surface area contributed by atoms with Crippen molar-refractivity contribution >= 4 is 23.4 Å². The fraction of sp³-hybridized carbons (Fsp3) is 0.500. The van der Waals surface area contributed by atoms with Crippen molar-refractivity contribution in [3.8, 4) is 0 Å². The van der Waals surface area contributed by atoms with Crippen LogP contribution in [0.3, 0.4) is 0 Å². The number of urea groups is 1. The maximum atomic E-state index is 13.7. The number of Topliss-reactive ketones (excluding diaryl/α,β-unsaturated/α-hetero) is 1. The van der Waals surface area contributed by atoms with Crippen LogP contribution in [0.5, 0.6) is 0 Å². The lowest BCUT2D eigenvalue weighted by Crippen LogP contribution is -2.45. The minimum Gasteiger partial charge on any atom is -0.385 e. The topological polar surface area (TPSA) is 90.5 Å².